The Balaban J connectivity index is -0.0000000312. The van der Waals surface area contributed by atoms with Crippen molar-refractivity contribution in [3.63, 3.8) is 0 Å². The van der Waals surface area contributed by atoms with E-state index in [9.17, 15) is 0 Å². The number of rotatable bonds is 0. The van der Waals surface area contributed by atoms with Crippen molar-refractivity contribution >= 4 is 0 Å². The van der Waals surface area contributed by atoms with Gasteiger partial charge in [-0.15, -0.1) is 0 Å². The number of imidazole rings is 1. The second-order valence-electron chi connectivity index (χ2n) is 0.761. The standard InChI is InChI=1S/C3H4N2.2Li.2H/c1-2-5-3-4-1;;;;/h1-3H,(H,4,5);;;;/q;2*+1;2*-1. The van der Waals surface area contributed by atoms with Crippen molar-refractivity contribution < 1.29 is 40.6 Å². The maximum absolute atomic E-state index is 3.67. The van der Waals surface area contributed by atoms with Crippen molar-refractivity contribution in [3.05, 3.63) is 18.7 Å². The fraction of sp³-hybridized carbons (Fsp3) is 0. The summed E-state index contributed by atoms with van der Waals surface area (Å²) >= 11 is 0. The molecule has 30 valence electrons. The number of aromatic amines is 1. The minimum absolute atomic E-state index is 0. The normalized spacial score (nSPS) is 5.71. The summed E-state index contributed by atoms with van der Waals surface area (Å²) < 4.78 is 0. The van der Waals surface area contributed by atoms with Crippen LogP contribution in [0.2, 0.25) is 0 Å². The van der Waals surface area contributed by atoms with Gasteiger partial charge in [-0.2, -0.15) is 0 Å². The molecule has 0 spiro atoms. The molecule has 1 aromatic heterocycles. The van der Waals surface area contributed by atoms with E-state index in [1.165, 1.54) is 0 Å². The molecule has 7 heavy (non-hydrogen) atoms. The van der Waals surface area contributed by atoms with Crippen LogP contribution in [0.1, 0.15) is 2.85 Å². The minimum Gasteiger partial charge on any atom is -1.00 e. The molecule has 1 heterocycles. The summed E-state index contributed by atoms with van der Waals surface area (Å²) in [6, 6.07) is 0. The Hall–Kier alpha value is 0.405. The first-order valence-corrected chi connectivity index (χ1v) is 1.43. The van der Waals surface area contributed by atoms with E-state index in [0.717, 1.165) is 0 Å². The van der Waals surface area contributed by atoms with Crippen LogP contribution in [0, 0.1) is 0 Å². The molecule has 0 amide bonds. The van der Waals surface area contributed by atoms with Crippen LogP contribution in [0.4, 0.5) is 0 Å². The summed E-state index contributed by atoms with van der Waals surface area (Å²) in [5.74, 6) is 0. The van der Waals surface area contributed by atoms with Gasteiger partial charge in [0.1, 0.15) is 0 Å². The average molecular weight is 84.0 g/mol. The van der Waals surface area contributed by atoms with Gasteiger partial charge in [0.2, 0.25) is 0 Å². The fourth-order valence-corrected chi connectivity index (χ4v) is 0.215. The number of nitrogens with zero attached hydrogens (tertiary/aromatic N) is 1. The summed E-state index contributed by atoms with van der Waals surface area (Å²) in [6.07, 6.45) is 5.08. The Bertz CT molecular complexity index is 74.3. The summed E-state index contributed by atoms with van der Waals surface area (Å²) in [4.78, 5) is 6.42. The molecule has 0 aliphatic rings. The third-order valence-corrected chi connectivity index (χ3v) is 0.406. The fourth-order valence-electron chi connectivity index (χ4n) is 0.215. The van der Waals surface area contributed by atoms with E-state index in [1.807, 2.05) is 0 Å². The van der Waals surface area contributed by atoms with Crippen molar-refractivity contribution in [2.75, 3.05) is 0 Å². The molecule has 0 aliphatic heterocycles. The largest absolute Gasteiger partial charge is 1.00 e. The van der Waals surface area contributed by atoms with Crippen LogP contribution in [-0.4, -0.2) is 9.97 Å². The van der Waals surface area contributed by atoms with Crippen molar-refractivity contribution in [1.82, 2.24) is 9.97 Å². The molecule has 0 fully saturated rings. The van der Waals surface area contributed by atoms with Crippen molar-refractivity contribution in [2.45, 2.75) is 0 Å². The monoisotopic (exact) mass is 84.1 g/mol. The van der Waals surface area contributed by atoms with Crippen LogP contribution in [0.25, 0.3) is 0 Å². The molecule has 0 unspecified atom stereocenters. The van der Waals surface area contributed by atoms with Crippen LogP contribution in [0.5, 0.6) is 0 Å². The number of hydrogen-bond acceptors (Lipinski definition) is 1. The van der Waals surface area contributed by atoms with Crippen LogP contribution < -0.4 is 37.7 Å². The van der Waals surface area contributed by atoms with Gasteiger partial charge in [-0.05, 0) is 0 Å². The quantitative estimate of drug-likeness (QED) is 0.312. The van der Waals surface area contributed by atoms with Gasteiger partial charge in [0, 0.05) is 12.4 Å². The minimum atomic E-state index is 0. The molecule has 0 saturated carbocycles. The molecule has 0 atom stereocenters. The van der Waals surface area contributed by atoms with Gasteiger partial charge in [-0.1, -0.05) is 0 Å². The average Bonchev–Trinajstić information content (AvgIpc) is 1.76. The summed E-state index contributed by atoms with van der Waals surface area (Å²) in [7, 11) is 0. The summed E-state index contributed by atoms with van der Waals surface area (Å²) in [5, 5.41) is 0. The second-order valence-corrected chi connectivity index (χ2v) is 0.761. The van der Waals surface area contributed by atoms with Crippen LogP contribution in [0.3, 0.4) is 0 Å². The predicted molar refractivity (Wildman–Crippen MR) is 20.8 cm³/mol. The second kappa shape index (κ2) is 6.40. The maximum Gasteiger partial charge on any atom is 1.00 e. The van der Waals surface area contributed by atoms with Gasteiger partial charge in [-0.25, -0.2) is 4.98 Å². The van der Waals surface area contributed by atoms with Crippen molar-refractivity contribution in [1.29, 1.82) is 0 Å². The molecule has 1 aromatic rings. The van der Waals surface area contributed by atoms with Crippen LogP contribution >= 0.6 is 0 Å². The van der Waals surface area contributed by atoms with Crippen LogP contribution in [-0.2, 0) is 0 Å². The van der Waals surface area contributed by atoms with Gasteiger partial charge in [-0.3, -0.25) is 0 Å². The third kappa shape index (κ3) is 4.25. The molecular formula is C3H6Li2N2. The first kappa shape index (κ1) is 10.4. The van der Waals surface area contributed by atoms with Gasteiger partial charge in [0.15, 0.2) is 0 Å². The van der Waals surface area contributed by atoms with Gasteiger partial charge >= 0.3 is 37.7 Å². The predicted octanol–water partition coefficient (Wildman–Crippen LogP) is -5.36. The topological polar surface area (TPSA) is 28.7 Å². The van der Waals surface area contributed by atoms with E-state index in [-0.39, 0.29) is 40.6 Å². The molecule has 1 rings (SSSR count). The van der Waals surface area contributed by atoms with E-state index < -0.39 is 0 Å². The maximum atomic E-state index is 3.67. The molecular weight excluding hydrogens is 77.9 g/mol. The van der Waals surface area contributed by atoms with E-state index >= 15 is 0 Å². The Kier molecular flexibility index (Phi) is 9.51. The molecule has 0 aliphatic carbocycles. The van der Waals surface area contributed by atoms with Crippen LogP contribution in [0.15, 0.2) is 18.7 Å². The molecule has 0 bridgehead atoms. The Morgan fingerprint density at radius 1 is 1.43 bits per heavy atom. The smallest absolute Gasteiger partial charge is 1.00 e. The molecule has 2 nitrogen and oxygen atoms in total. The van der Waals surface area contributed by atoms with E-state index in [0.29, 0.717) is 0 Å². The zero-order valence-electron chi connectivity index (χ0n) is 6.68. The van der Waals surface area contributed by atoms with E-state index in [2.05, 4.69) is 9.97 Å². The first-order chi connectivity index (χ1) is 2.50. The van der Waals surface area contributed by atoms with E-state index in [4.69, 9.17) is 0 Å². The van der Waals surface area contributed by atoms with Crippen molar-refractivity contribution in [3.8, 4) is 0 Å². The van der Waals surface area contributed by atoms with Gasteiger partial charge in [0.05, 0.1) is 6.33 Å². The molecule has 0 saturated heterocycles. The number of H-pyrrole nitrogens is 1. The van der Waals surface area contributed by atoms with Gasteiger partial charge in [0.25, 0.3) is 0 Å². The molecule has 1 N–H and O–H groups in total. The Morgan fingerprint density at radius 2 is 2.14 bits per heavy atom. The molecule has 4 heteroatoms. The van der Waals surface area contributed by atoms with E-state index in [1.54, 1.807) is 18.7 Å². The number of aromatic nitrogens is 2. The SMILES string of the molecule is [H-].[H-].[Li+].[Li+].c1c[nH]cn1. The van der Waals surface area contributed by atoms with Gasteiger partial charge < -0.3 is 7.84 Å². The summed E-state index contributed by atoms with van der Waals surface area (Å²) in [5.41, 5.74) is 0. The number of nitrogens with one attached hydrogen (secondary N) is 1. The molecule has 0 radical (unpaired) electrons. The zero-order valence-corrected chi connectivity index (χ0v) is 4.68. The Morgan fingerprint density at radius 3 is 2.29 bits per heavy atom. The first-order valence-electron chi connectivity index (χ1n) is 1.43. The third-order valence-electron chi connectivity index (χ3n) is 0.406. The number of hydrogen-bond donors (Lipinski definition) is 1. The zero-order chi connectivity index (χ0) is 3.54. The summed E-state index contributed by atoms with van der Waals surface area (Å²) in [6.45, 7) is 0. The van der Waals surface area contributed by atoms with Crippen molar-refractivity contribution in [2.24, 2.45) is 0 Å². The Labute approximate surface area is 69.4 Å². The molecule has 0 aromatic carbocycles.